The maximum atomic E-state index is 12.1. The topological polar surface area (TPSA) is 84.7 Å². The average Bonchev–Trinajstić information content (AvgIpc) is 2.86. The number of hydrogen-bond donors (Lipinski definition) is 2. The molecule has 2 unspecified atom stereocenters. The minimum atomic E-state index is -0.255. The van der Waals surface area contributed by atoms with Crippen LogP contribution in [-0.4, -0.2) is 48.7 Å². The standard InChI is InChI=1S/C14H25N3O3/c1-2-20-14(19)17-8-6-10(7-9-17)16-13(18)11-4-3-5-12(11)15/h10-12H,2-9,15H2,1H3,(H,16,18). The Morgan fingerprint density at radius 1 is 1.25 bits per heavy atom. The summed E-state index contributed by atoms with van der Waals surface area (Å²) in [6, 6.07) is 0.163. The van der Waals surface area contributed by atoms with Gasteiger partial charge in [0.2, 0.25) is 5.91 Å². The molecule has 0 aromatic carbocycles. The number of hydrogen-bond acceptors (Lipinski definition) is 4. The van der Waals surface area contributed by atoms with Crippen LogP contribution in [0.1, 0.15) is 39.0 Å². The van der Waals surface area contributed by atoms with Crippen LogP contribution in [-0.2, 0) is 9.53 Å². The largest absolute Gasteiger partial charge is 0.450 e. The quantitative estimate of drug-likeness (QED) is 0.804. The Labute approximate surface area is 120 Å². The highest BCUT2D eigenvalue weighted by Crippen LogP contribution is 2.24. The molecule has 1 aliphatic carbocycles. The monoisotopic (exact) mass is 283 g/mol. The van der Waals surface area contributed by atoms with E-state index < -0.39 is 0 Å². The molecule has 3 N–H and O–H groups in total. The van der Waals surface area contributed by atoms with E-state index in [2.05, 4.69) is 5.32 Å². The van der Waals surface area contributed by atoms with Gasteiger partial charge in [-0.3, -0.25) is 4.79 Å². The fourth-order valence-electron chi connectivity index (χ4n) is 3.04. The molecule has 6 heteroatoms. The lowest BCUT2D eigenvalue weighted by molar-refractivity contribution is -0.126. The molecule has 0 aromatic rings. The molecule has 0 radical (unpaired) electrons. The molecule has 1 heterocycles. The zero-order chi connectivity index (χ0) is 14.5. The molecule has 1 aliphatic heterocycles. The summed E-state index contributed by atoms with van der Waals surface area (Å²) in [6.45, 7) is 3.48. The second-order valence-electron chi connectivity index (χ2n) is 5.67. The van der Waals surface area contributed by atoms with Gasteiger partial charge in [-0.25, -0.2) is 4.79 Å². The van der Waals surface area contributed by atoms with Crippen LogP contribution >= 0.6 is 0 Å². The molecule has 6 nitrogen and oxygen atoms in total. The Morgan fingerprint density at radius 3 is 2.50 bits per heavy atom. The van der Waals surface area contributed by atoms with E-state index in [1.165, 1.54) is 0 Å². The van der Waals surface area contributed by atoms with E-state index in [1.807, 2.05) is 0 Å². The first-order valence-electron chi connectivity index (χ1n) is 7.59. The number of carbonyl (C=O) groups is 2. The number of carbonyl (C=O) groups excluding carboxylic acids is 2. The molecule has 0 spiro atoms. The van der Waals surface area contributed by atoms with E-state index in [9.17, 15) is 9.59 Å². The van der Waals surface area contributed by atoms with Crippen LogP contribution in [0.5, 0.6) is 0 Å². The van der Waals surface area contributed by atoms with Crippen molar-refractivity contribution < 1.29 is 14.3 Å². The Bertz CT molecular complexity index is 354. The molecule has 114 valence electrons. The predicted octanol–water partition coefficient (Wildman–Crippen LogP) is 0.851. The van der Waals surface area contributed by atoms with Crippen molar-refractivity contribution in [3.05, 3.63) is 0 Å². The zero-order valence-electron chi connectivity index (χ0n) is 12.1. The van der Waals surface area contributed by atoms with Crippen molar-refractivity contribution >= 4 is 12.0 Å². The number of piperidine rings is 1. The predicted molar refractivity (Wildman–Crippen MR) is 75.1 cm³/mol. The molecular weight excluding hydrogens is 258 g/mol. The molecule has 2 rings (SSSR count). The molecule has 2 amide bonds. The number of amides is 2. The minimum Gasteiger partial charge on any atom is -0.450 e. The van der Waals surface area contributed by atoms with Gasteiger partial charge in [0.05, 0.1) is 12.5 Å². The molecule has 20 heavy (non-hydrogen) atoms. The van der Waals surface area contributed by atoms with Crippen LogP contribution in [0.25, 0.3) is 0 Å². The number of likely N-dealkylation sites (tertiary alicyclic amines) is 1. The Hall–Kier alpha value is -1.30. The zero-order valence-corrected chi connectivity index (χ0v) is 12.1. The highest BCUT2D eigenvalue weighted by molar-refractivity contribution is 5.80. The fraction of sp³-hybridized carbons (Fsp3) is 0.857. The third-order valence-electron chi connectivity index (χ3n) is 4.27. The van der Waals surface area contributed by atoms with Gasteiger partial charge >= 0.3 is 6.09 Å². The van der Waals surface area contributed by atoms with Crippen molar-refractivity contribution in [3.8, 4) is 0 Å². The number of nitrogens with two attached hydrogens (primary N) is 1. The van der Waals surface area contributed by atoms with Crippen molar-refractivity contribution in [2.75, 3.05) is 19.7 Å². The fourth-order valence-corrected chi connectivity index (χ4v) is 3.04. The molecule has 1 saturated heterocycles. The summed E-state index contributed by atoms with van der Waals surface area (Å²) in [6.07, 6.45) is 4.20. The highest BCUT2D eigenvalue weighted by atomic mass is 16.6. The average molecular weight is 283 g/mol. The molecule has 2 atom stereocenters. The SMILES string of the molecule is CCOC(=O)N1CCC(NC(=O)C2CCCC2N)CC1. The summed E-state index contributed by atoms with van der Waals surface area (Å²) >= 11 is 0. The minimum absolute atomic E-state index is 0.00891. The summed E-state index contributed by atoms with van der Waals surface area (Å²) in [5.41, 5.74) is 5.95. The normalized spacial score (nSPS) is 27.4. The van der Waals surface area contributed by atoms with Gasteiger partial charge in [0.25, 0.3) is 0 Å². The lowest BCUT2D eigenvalue weighted by Crippen LogP contribution is -2.49. The number of rotatable bonds is 3. The first-order valence-corrected chi connectivity index (χ1v) is 7.59. The summed E-state index contributed by atoms with van der Waals surface area (Å²) in [4.78, 5) is 25.4. The van der Waals surface area contributed by atoms with E-state index in [0.717, 1.165) is 32.1 Å². The number of nitrogens with zero attached hydrogens (tertiary/aromatic N) is 1. The molecule has 2 fully saturated rings. The van der Waals surface area contributed by atoms with Gasteiger partial charge in [-0.05, 0) is 32.6 Å². The van der Waals surface area contributed by atoms with Gasteiger partial charge in [-0.1, -0.05) is 6.42 Å². The van der Waals surface area contributed by atoms with E-state index in [0.29, 0.717) is 19.7 Å². The maximum absolute atomic E-state index is 12.1. The van der Waals surface area contributed by atoms with Crippen LogP contribution in [0.3, 0.4) is 0 Å². The Morgan fingerprint density at radius 2 is 1.95 bits per heavy atom. The number of nitrogens with one attached hydrogen (secondary N) is 1. The van der Waals surface area contributed by atoms with Crippen LogP contribution in [0, 0.1) is 5.92 Å². The molecule has 0 aromatic heterocycles. The third-order valence-corrected chi connectivity index (χ3v) is 4.27. The van der Waals surface area contributed by atoms with Crippen molar-refractivity contribution in [1.29, 1.82) is 0 Å². The number of ether oxygens (including phenoxy) is 1. The first kappa shape index (κ1) is 15.1. The molecule has 2 aliphatic rings. The lowest BCUT2D eigenvalue weighted by Gasteiger charge is -2.32. The van der Waals surface area contributed by atoms with Crippen LogP contribution < -0.4 is 11.1 Å². The summed E-state index contributed by atoms with van der Waals surface area (Å²) in [5.74, 6) is 0.0580. The van der Waals surface area contributed by atoms with Crippen molar-refractivity contribution in [1.82, 2.24) is 10.2 Å². The molecule has 0 bridgehead atoms. The summed E-state index contributed by atoms with van der Waals surface area (Å²) < 4.78 is 4.98. The van der Waals surface area contributed by atoms with Crippen LogP contribution in [0.2, 0.25) is 0 Å². The second kappa shape index (κ2) is 6.92. The van der Waals surface area contributed by atoms with Gasteiger partial charge in [-0.15, -0.1) is 0 Å². The van der Waals surface area contributed by atoms with Gasteiger partial charge in [0, 0.05) is 25.2 Å². The van der Waals surface area contributed by atoms with E-state index >= 15 is 0 Å². The summed E-state index contributed by atoms with van der Waals surface area (Å²) in [7, 11) is 0. The second-order valence-corrected chi connectivity index (χ2v) is 5.67. The van der Waals surface area contributed by atoms with Gasteiger partial charge in [0.1, 0.15) is 0 Å². The smallest absolute Gasteiger partial charge is 0.409 e. The molecule has 1 saturated carbocycles. The van der Waals surface area contributed by atoms with E-state index in [-0.39, 0.29) is 30.0 Å². The third kappa shape index (κ3) is 3.62. The Balaban J connectivity index is 1.74. The van der Waals surface area contributed by atoms with Gasteiger partial charge in [0.15, 0.2) is 0 Å². The summed E-state index contributed by atoms with van der Waals surface area (Å²) in [5, 5.41) is 3.08. The van der Waals surface area contributed by atoms with Crippen molar-refractivity contribution in [2.24, 2.45) is 11.7 Å². The first-order chi connectivity index (χ1) is 9.61. The Kier molecular flexibility index (Phi) is 5.23. The van der Waals surface area contributed by atoms with Gasteiger partial charge in [-0.2, -0.15) is 0 Å². The maximum Gasteiger partial charge on any atom is 0.409 e. The molecular formula is C14H25N3O3. The van der Waals surface area contributed by atoms with Crippen LogP contribution in [0.15, 0.2) is 0 Å². The van der Waals surface area contributed by atoms with Crippen LogP contribution in [0.4, 0.5) is 4.79 Å². The van der Waals surface area contributed by atoms with E-state index in [1.54, 1.807) is 11.8 Å². The van der Waals surface area contributed by atoms with E-state index in [4.69, 9.17) is 10.5 Å². The lowest BCUT2D eigenvalue weighted by atomic mass is 10.0. The van der Waals surface area contributed by atoms with Crippen molar-refractivity contribution in [2.45, 2.75) is 51.1 Å². The highest BCUT2D eigenvalue weighted by Gasteiger charge is 2.32. The van der Waals surface area contributed by atoms with Gasteiger partial charge < -0.3 is 20.7 Å². The van der Waals surface area contributed by atoms with Crippen molar-refractivity contribution in [3.63, 3.8) is 0 Å².